The van der Waals surface area contributed by atoms with E-state index >= 15 is 0 Å². The van der Waals surface area contributed by atoms with Crippen molar-refractivity contribution in [3.05, 3.63) is 89.7 Å². The van der Waals surface area contributed by atoms with Crippen molar-refractivity contribution in [3.8, 4) is 22.8 Å². The Kier molecular flexibility index (Phi) is 10.5. The molecule has 0 radical (unpaired) electrons. The van der Waals surface area contributed by atoms with Gasteiger partial charge in [-0.15, -0.1) is 18.3 Å². The molecule has 2 heterocycles. The molecule has 0 bridgehead atoms. The average Bonchev–Trinajstić information content (AvgIpc) is 3.71. The standard InChI is InChI=1S/C36H37F3N6O2S2/c1-22(2)28-18-9-23(3)19-31(28)45-32(46)20-49-35(45)42-34(48-4)41-30-8-6-5-7-29(30)24-10-12-25(13-11-24)33-40-21-44(43-33)26-14-16-27(17-15-26)47-36(37,38)39/h9-19,21-22,29-30H,5-8,20H2,1-4H3. The van der Waals surface area contributed by atoms with Crippen LogP contribution in [-0.4, -0.2) is 55.4 Å². The predicted octanol–water partition coefficient (Wildman–Crippen LogP) is 9.15. The number of anilines is 1. The van der Waals surface area contributed by atoms with E-state index in [9.17, 15) is 18.0 Å². The number of halogens is 3. The summed E-state index contributed by atoms with van der Waals surface area (Å²) in [5.41, 5.74) is 5.67. The number of hydrogen-bond acceptors (Lipinski definition) is 7. The normalized spacial score (nSPS) is 19.7. The highest BCUT2D eigenvalue weighted by Crippen LogP contribution is 2.38. The molecule has 0 N–H and O–H groups in total. The fourth-order valence-electron chi connectivity index (χ4n) is 6.22. The van der Waals surface area contributed by atoms with Gasteiger partial charge in [0.15, 0.2) is 16.2 Å². The minimum Gasteiger partial charge on any atom is -0.406 e. The number of carbonyl (C=O) groups excluding carboxylic acids is 1. The summed E-state index contributed by atoms with van der Waals surface area (Å²) in [6.45, 7) is 6.30. The lowest BCUT2D eigenvalue weighted by atomic mass is 9.80. The number of benzene rings is 3. The minimum atomic E-state index is -4.75. The van der Waals surface area contributed by atoms with E-state index in [1.165, 1.54) is 64.4 Å². The Morgan fingerprint density at radius 2 is 1.78 bits per heavy atom. The zero-order valence-electron chi connectivity index (χ0n) is 27.6. The second-order valence-corrected chi connectivity index (χ2v) is 14.1. The molecule has 1 saturated heterocycles. The molecule has 3 aromatic carbocycles. The molecule has 1 aliphatic heterocycles. The molecule has 13 heteroatoms. The molecule has 1 aliphatic carbocycles. The Balaban J connectivity index is 1.20. The summed E-state index contributed by atoms with van der Waals surface area (Å²) in [6, 6.07) is 20.0. The predicted molar refractivity (Wildman–Crippen MR) is 192 cm³/mol. The number of thioether (sulfide) groups is 2. The Labute approximate surface area is 292 Å². The Morgan fingerprint density at radius 3 is 2.47 bits per heavy atom. The van der Waals surface area contributed by atoms with Crippen LogP contribution in [0.3, 0.4) is 0 Å². The topological polar surface area (TPSA) is 85.0 Å². The van der Waals surface area contributed by atoms with E-state index in [1.807, 2.05) is 25.3 Å². The van der Waals surface area contributed by atoms with Gasteiger partial charge in [-0.05, 0) is 79.0 Å². The van der Waals surface area contributed by atoms with E-state index < -0.39 is 6.36 Å². The number of aryl methyl sites for hydroxylation is 1. The molecule has 2 atom stereocenters. The Bertz CT molecular complexity index is 1860. The van der Waals surface area contributed by atoms with Crippen molar-refractivity contribution in [1.82, 2.24) is 14.8 Å². The fraction of sp³-hybridized carbons (Fsp3) is 0.361. The van der Waals surface area contributed by atoms with E-state index in [0.29, 0.717) is 27.6 Å². The van der Waals surface area contributed by atoms with Crippen LogP contribution in [0.1, 0.15) is 68.1 Å². The molecule has 1 saturated carbocycles. The number of nitrogens with zero attached hydrogens (tertiary/aromatic N) is 6. The molecular formula is C36H37F3N6O2S2. The maximum atomic E-state index is 13.2. The van der Waals surface area contributed by atoms with Crippen molar-refractivity contribution in [2.24, 2.45) is 9.98 Å². The third-order valence-corrected chi connectivity index (χ3v) is 10.1. The quantitative estimate of drug-likeness (QED) is 0.141. The smallest absolute Gasteiger partial charge is 0.406 e. The Hall–Kier alpha value is -4.10. The van der Waals surface area contributed by atoms with Crippen LogP contribution in [0.4, 0.5) is 18.9 Å². The molecule has 2 unspecified atom stereocenters. The maximum absolute atomic E-state index is 13.2. The average molecular weight is 707 g/mol. The lowest BCUT2D eigenvalue weighted by Gasteiger charge is -2.29. The second kappa shape index (κ2) is 14.8. The van der Waals surface area contributed by atoms with Crippen LogP contribution in [0.15, 0.2) is 83.0 Å². The van der Waals surface area contributed by atoms with Gasteiger partial charge >= 0.3 is 6.36 Å². The van der Waals surface area contributed by atoms with E-state index in [-0.39, 0.29) is 29.5 Å². The number of amidine groups is 2. The van der Waals surface area contributed by atoms with Gasteiger partial charge in [-0.2, -0.15) is 4.99 Å². The third-order valence-electron chi connectivity index (χ3n) is 8.62. The van der Waals surface area contributed by atoms with Gasteiger partial charge in [-0.3, -0.25) is 14.7 Å². The summed E-state index contributed by atoms with van der Waals surface area (Å²) in [5.74, 6) is 1.05. The van der Waals surface area contributed by atoms with Gasteiger partial charge in [-0.1, -0.05) is 86.6 Å². The maximum Gasteiger partial charge on any atom is 0.573 e. The lowest BCUT2D eigenvalue weighted by Crippen LogP contribution is -2.31. The van der Waals surface area contributed by atoms with Gasteiger partial charge < -0.3 is 4.74 Å². The number of aromatic nitrogens is 3. The highest BCUT2D eigenvalue weighted by atomic mass is 32.2. The van der Waals surface area contributed by atoms with Crippen LogP contribution < -0.4 is 9.64 Å². The Morgan fingerprint density at radius 1 is 1.04 bits per heavy atom. The van der Waals surface area contributed by atoms with Crippen molar-refractivity contribution in [2.45, 2.75) is 70.7 Å². The summed E-state index contributed by atoms with van der Waals surface area (Å²) in [7, 11) is 0. The number of carbonyl (C=O) groups is 1. The summed E-state index contributed by atoms with van der Waals surface area (Å²) in [5, 5.41) is 5.87. The summed E-state index contributed by atoms with van der Waals surface area (Å²) in [4.78, 5) is 29.5. The number of aliphatic imine (C=N–C) groups is 2. The van der Waals surface area contributed by atoms with Crippen LogP contribution in [0.25, 0.3) is 17.1 Å². The van der Waals surface area contributed by atoms with Gasteiger partial charge in [-0.25, -0.2) is 9.67 Å². The first-order valence-electron chi connectivity index (χ1n) is 16.1. The zero-order valence-corrected chi connectivity index (χ0v) is 29.3. The van der Waals surface area contributed by atoms with Crippen molar-refractivity contribution in [3.63, 3.8) is 0 Å². The van der Waals surface area contributed by atoms with E-state index in [4.69, 9.17) is 9.98 Å². The van der Waals surface area contributed by atoms with Crippen LogP contribution in [0.2, 0.25) is 0 Å². The molecule has 256 valence electrons. The molecule has 2 fully saturated rings. The first kappa shape index (κ1) is 34.8. The van der Waals surface area contributed by atoms with E-state index in [1.54, 1.807) is 4.90 Å². The molecule has 49 heavy (non-hydrogen) atoms. The third kappa shape index (κ3) is 8.21. The second-order valence-electron chi connectivity index (χ2n) is 12.4. The van der Waals surface area contributed by atoms with Gasteiger partial charge in [0, 0.05) is 11.5 Å². The lowest BCUT2D eigenvalue weighted by molar-refractivity contribution is -0.274. The molecule has 6 rings (SSSR count). The van der Waals surface area contributed by atoms with Gasteiger partial charge in [0.2, 0.25) is 5.91 Å². The van der Waals surface area contributed by atoms with Gasteiger partial charge in [0.1, 0.15) is 12.1 Å². The van der Waals surface area contributed by atoms with Crippen molar-refractivity contribution < 1.29 is 22.7 Å². The van der Waals surface area contributed by atoms with E-state index in [0.717, 1.165) is 48.1 Å². The molecule has 1 aromatic heterocycles. The van der Waals surface area contributed by atoms with Crippen molar-refractivity contribution >= 4 is 45.5 Å². The van der Waals surface area contributed by atoms with Crippen LogP contribution in [0.5, 0.6) is 5.75 Å². The summed E-state index contributed by atoms with van der Waals surface area (Å²) < 4.78 is 43.0. The molecule has 8 nitrogen and oxygen atoms in total. The highest BCUT2D eigenvalue weighted by molar-refractivity contribution is 8.16. The molecule has 1 amide bonds. The fourth-order valence-corrected chi connectivity index (χ4v) is 7.56. The first-order valence-corrected chi connectivity index (χ1v) is 18.3. The largest absolute Gasteiger partial charge is 0.573 e. The number of hydrogen-bond donors (Lipinski definition) is 0. The number of ether oxygens (including phenoxy) is 1. The van der Waals surface area contributed by atoms with Crippen LogP contribution in [-0.2, 0) is 4.79 Å². The minimum absolute atomic E-state index is 0.0279. The van der Waals surface area contributed by atoms with Gasteiger partial charge in [0.05, 0.1) is 23.2 Å². The van der Waals surface area contributed by atoms with Crippen LogP contribution in [0, 0.1) is 6.92 Å². The van der Waals surface area contributed by atoms with Crippen LogP contribution >= 0.6 is 23.5 Å². The highest BCUT2D eigenvalue weighted by Gasteiger charge is 2.33. The zero-order chi connectivity index (χ0) is 34.7. The molecular weight excluding hydrogens is 670 g/mol. The van der Waals surface area contributed by atoms with Gasteiger partial charge in [0.25, 0.3) is 0 Å². The monoisotopic (exact) mass is 706 g/mol. The summed E-state index contributed by atoms with van der Waals surface area (Å²) >= 11 is 2.96. The first-order chi connectivity index (χ1) is 23.5. The SMILES string of the molecule is CSC(=NC1CCCCC1c1ccc(-c2ncn(-c3ccc(OC(F)(F)F)cc3)n2)cc1)N=C1SCC(=O)N1c1cc(C)ccc1C(C)C. The molecule has 0 spiro atoms. The number of rotatable bonds is 7. The molecule has 4 aromatic rings. The number of alkyl halides is 3. The summed E-state index contributed by atoms with van der Waals surface area (Å²) in [6.07, 6.45) is 2.92. The van der Waals surface area contributed by atoms with Crippen molar-refractivity contribution in [1.29, 1.82) is 0 Å². The molecule has 2 aliphatic rings. The van der Waals surface area contributed by atoms with E-state index in [2.05, 4.69) is 59.0 Å². The number of amides is 1. The van der Waals surface area contributed by atoms with Crippen molar-refractivity contribution in [2.75, 3.05) is 16.9 Å².